The topological polar surface area (TPSA) is 71.9 Å². The molecule has 2 heterocycles. The van der Waals surface area contributed by atoms with Gasteiger partial charge in [0, 0.05) is 76.8 Å². The lowest BCUT2D eigenvalue weighted by atomic mass is 10.2. The maximum absolute atomic E-state index is 10.6. The Hall–Kier alpha value is -2.14. The first kappa shape index (κ1) is 33.2. The van der Waals surface area contributed by atoms with Crippen LogP contribution in [0.4, 0.5) is 11.4 Å². The molecule has 0 bridgehead atoms. The number of hydrogen-bond acceptors (Lipinski definition) is 8. The molecule has 2 atom stereocenters. The SMILES string of the molecule is O[C@@H](COc1ccc(OC[C@H](O)CN2CCN(c3ccc(Cl)c(Cl)c3)CC2)cc1)CN1CCN(c2ccc(Cl)c(Cl)c2)CC1. The third-order valence-electron chi connectivity index (χ3n) is 7.93. The molecule has 8 nitrogen and oxygen atoms in total. The van der Waals surface area contributed by atoms with Gasteiger partial charge in [0.25, 0.3) is 0 Å². The van der Waals surface area contributed by atoms with E-state index in [2.05, 4.69) is 19.6 Å². The first-order valence-electron chi connectivity index (χ1n) is 14.8. The maximum atomic E-state index is 10.6. The number of benzene rings is 3. The van der Waals surface area contributed by atoms with Crippen molar-refractivity contribution in [1.29, 1.82) is 0 Å². The summed E-state index contributed by atoms with van der Waals surface area (Å²) < 4.78 is 11.6. The van der Waals surface area contributed by atoms with Crippen LogP contribution in [0.3, 0.4) is 0 Å². The van der Waals surface area contributed by atoms with Crippen LogP contribution in [-0.4, -0.2) is 111 Å². The summed E-state index contributed by atoms with van der Waals surface area (Å²) in [5.74, 6) is 1.31. The molecule has 2 aliphatic rings. The molecular formula is C32H38Cl4N4O4. The zero-order chi connectivity index (χ0) is 31.1. The summed E-state index contributed by atoms with van der Waals surface area (Å²) in [7, 11) is 0. The van der Waals surface area contributed by atoms with Gasteiger partial charge in [0.05, 0.1) is 20.1 Å². The average Bonchev–Trinajstić information content (AvgIpc) is 3.03. The number of piperazine rings is 2. The van der Waals surface area contributed by atoms with Crippen LogP contribution in [0.25, 0.3) is 0 Å². The van der Waals surface area contributed by atoms with Crippen LogP contribution in [0.5, 0.6) is 11.5 Å². The number of nitrogens with zero attached hydrogens (tertiary/aromatic N) is 4. The highest BCUT2D eigenvalue weighted by molar-refractivity contribution is 6.42. The second-order valence-corrected chi connectivity index (χ2v) is 12.8. The van der Waals surface area contributed by atoms with Gasteiger partial charge in [-0.15, -0.1) is 0 Å². The number of halogens is 4. The molecule has 0 aliphatic carbocycles. The summed E-state index contributed by atoms with van der Waals surface area (Å²) in [6.45, 7) is 8.21. The summed E-state index contributed by atoms with van der Waals surface area (Å²) in [5.41, 5.74) is 2.11. The third-order valence-corrected chi connectivity index (χ3v) is 9.41. The van der Waals surface area contributed by atoms with Gasteiger partial charge in [-0.3, -0.25) is 9.80 Å². The summed E-state index contributed by atoms with van der Waals surface area (Å²) in [6.07, 6.45) is -1.22. The Morgan fingerprint density at radius 2 is 0.886 bits per heavy atom. The minimum absolute atomic E-state index is 0.199. The van der Waals surface area contributed by atoms with Crippen LogP contribution < -0.4 is 19.3 Å². The van der Waals surface area contributed by atoms with E-state index < -0.39 is 12.2 Å². The summed E-state index contributed by atoms with van der Waals surface area (Å²) >= 11 is 24.4. The van der Waals surface area contributed by atoms with Crippen LogP contribution in [-0.2, 0) is 0 Å². The molecule has 2 fully saturated rings. The van der Waals surface area contributed by atoms with Gasteiger partial charge in [0.15, 0.2) is 0 Å². The van der Waals surface area contributed by atoms with Crippen LogP contribution in [0.1, 0.15) is 0 Å². The molecule has 0 radical (unpaired) electrons. The number of hydrogen-bond donors (Lipinski definition) is 2. The summed E-state index contributed by atoms with van der Waals surface area (Å²) in [6, 6.07) is 18.6. The fraction of sp³-hybridized carbons (Fsp3) is 0.438. The van der Waals surface area contributed by atoms with Gasteiger partial charge in [-0.1, -0.05) is 46.4 Å². The molecule has 2 saturated heterocycles. The first-order chi connectivity index (χ1) is 21.2. The predicted molar refractivity (Wildman–Crippen MR) is 180 cm³/mol. The van der Waals surface area contributed by atoms with Crippen LogP contribution in [0, 0.1) is 0 Å². The van der Waals surface area contributed by atoms with E-state index in [0.717, 1.165) is 63.7 Å². The number of ether oxygens (including phenoxy) is 2. The molecule has 2 N–H and O–H groups in total. The van der Waals surface area contributed by atoms with Gasteiger partial charge < -0.3 is 29.5 Å². The third kappa shape index (κ3) is 9.44. The molecule has 3 aromatic carbocycles. The van der Waals surface area contributed by atoms with Crippen molar-refractivity contribution < 1.29 is 19.7 Å². The number of rotatable bonds is 12. The smallest absolute Gasteiger partial charge is 0.119 e. The first-order valence-corrected chi connectivity index (χ1v) is 16.3. The minimum atomic E-state index is -0.608. The van der Waals surface area contributed by atoms with E-state index in [-0.39, 0.29) is 13.2 Å². The Balaban J connectivity index is 0.958. The summed E-state index contributed by atoms with van der Waals surface area (Å²) in [5, 5.41) is 23.3. The van der Waals surface area contributed by atoms with Crippen molar-refractivity contribution in [3.05, 3.63) is 80.8 Å². The molecule has 2 aliphatic heterocycles. The van der Waals surface area contributed by atoms with E-state index >= 15 is 0 Å². The van der Waals surface area contributed by atoms with E-state index in [9.17, 15) is 10.2 Å². The van der Waals surface area contributed by atoms with Crippen molar-refractivity contribution in [3.63, 3.8) is 0 Å². The highest BCUT2D eigenvalue weighted by Crippen LogP contribution is 2.29. The zero-order valence-electron chi connectivity index (χ0n) is 24.4. The second-order valence-electron chi connectivity index (χ2n) is 11.2. The fourth-order valence-corrected chi connectivity index (χ4v) is 6.04. The Morgan fingerprint density at radius 3 is 1.23 bits per heavy atom. The lowest BCUT2D eigenvalue weighted by Crippen LogP contribution is -2.49. The van der Waals surface area contributed by atoms with Gasteiger partial charge in [-0.2, -0.15) is 0 Å². The standard InChI is InChI=1S/C32H38Cl4N4O4/c33-29-7-1-23(17-31(29)35)39-13-9-37(10-14-39)19-25(41)21-43-27-3-5-28(6-4-27)44-22-26(42)20-38-11-15-40(16-12-38)24-2-8-30(34)32(36)18-24/h1-8,17-18,25-26,41-42H,9-16,19-22H2/t25-,26-/m1/s1. The second kappa shape index (κ2) is 15.9. The maximum Gasteiger partial charge on any atom is 0.119 e. The molecule has 0 saturated carbocycles. The van der Waals surface area contributed by atoms with E-state index in [0.29, 0.717) is 44.7 Å². The van der Waals surface area contributed by atoms with E-state index in [1.54, 1.807) is 0 Å². The number of β-amino-alcohol motifs (C(OH)–C–C–N with tert-alkyl or cyclic N) is 2. The van der Waals surface area contributed by atoms with Crippen molar-refractivity contribution in [2.75, 3.05) is 88.5 Å². The quantitative estimate of drug-likeness (QED) is 0.262. The van der Waals surface area contributed by atoms with Crippen LogP contribution >= 0.6 is 46.4 Å². The van der Waals surface area contributed by atoms with E-state index in [4.69, 9.17) is 55.9 Å². The number of anilines is 2. The Bertz CT molecular complexity index is 1250. The molecule has 5 rings (SSSR count). The van der Waals surface area contributed by atoms with Gasteiger partial charge >= 0.3 is 0 Å². The summed E-state index contributed by atoms with van der Waals surface area (Å²) in [4.78, 5) is 9.01. The molecule has 3 aromatic rings. The van der Waals surface area contributed by atoms with Crippen LogP contribution in [0.15, 0.2) is 60.7 Å². The lowest BCUT2D eigenvalue weighted by Gasteiger charge is -2.37. The van der Waals surface area contributed by atoms with Gasteiger partial charge in [-0.05, 0) is 60.7 Å². The average molecular weight is 684 g/mol. The fourth-order valence-electron chi connectivity index (χ4n) is 5.46. The molecule has 0 spiro atoms. The van der Waals surface area contributed by atoms with Crippen molar-refractivity contribution in [2.24, 2.45) is 0 Å². The molecule has 0 unspecified atom stereocenters. The van der Waals surface area contributed by atoms with Crippen LogP contribution in [0.2, 0.25) is 20.1 Å². The normalized spacial score (nSPS) is 17.9. The molecule has 238 valence electrons. The van der Waals surface area contributed by atoms with Crippen molar-refractivity contribution in [2.45, 2.75) is 12.2 Å². The lowest BCUT2D eigenvalue weighted by molar-refractivity contribution is 0.0650. The largest absolute Gasteiger partial charge is 0.491 e. The van der Waals surface area contributed by atoms with Crippen molar-refractivity contribution in [1.82, 2.24) is 9.80 Å². The monoisotopic (exact) mass is 682 g/mol. The highest BCUT2D eigenvalue weighted by Gasteiger charge is 2.22. The zero-order valence-corrected chi connectivity index (χ0v) is 27.4. The van der Waals surface area contributed by atoms with Crippen molar-refractivity contribution >= 4 is 57.8 Å². The molecule has 44 heavy (non-hydrogen) atoms. The molecular weight excluding hydrogens is 646 g/mol. The molecule has 12 heteroatoms. The number of aliphatic hydroxyl groups excluding tert-OH is 2. The Morgan fingerprint density at radius 1 is 0.523 bits per heavy atom. The van der Waals surface area contributed by atoms with Gasteiger partial charge in [0.2, 0.25) is 0 Å². The Labute approximate surface area is 279 Å². The Kier molecular flexibility index (Phi) is 12.0. The van der Waals surface area contributed by atoms with Gasteiger partial charge in [0.1, 0.15) is 36.9 Å². The number of aliphatic hydroxyl groups is 2. The minimum Gasteiger partial charge on any atom is -0.491 e. The predicted octanol–water partition coefficient (Wildman–Crippen LogP) is 5.42. The highest BCUT2D eigenvalue weighted by atomic mass is 35.5. The van der Waals surface area contributed by atoms with E-state index in [1.807, 2.05) is 60.7 Å². The van der Waals surface area contributed by atoms with E-state index in [1.165, 1.54) is 0 Å². The molecule has 0 amide bonds. The molecule has 0 aromatic heterocycles. The van der Waals surface area contributed by atoms with Crippen molar-refractivity contribution in [3.8, 4) is 11.5 Å². The van der Waals surface area contributed by atoms with Gasteiger partial charge in [-0.25, -0.2) is 0 Å².